The van der Waals surface area contributed by atoms with Crippen molar-refractivity contribution in [2.24, 2.45) is 5.73 Å². The molecule has 0 fully saturated rings. The molecule has 0 saturated heterocycles. The first-order valence-corrected chi connectivity index (χ1v) is 9.85. The minimum Gasteiger partial charge on any atom is -0.493 e. The summed E-state index contributed by atoms with van der Waals surface area (Å²) in [5.74, 6) is 1.68. The van der Waals surface area contributed by atoms with Crippen LogP contribution in [-0.2, 0) is 11.3 Å². The van der Waals surface area contributed by atoms with Gasteiger partial charge in [-0.2, -0.15) is 0 Å². The smallest absolute Gasteiger partial charge is 0.207 e. The number of methoxy groups -OCH3 is 2. The highest BCUT2D eigenvalue weighted by Crippen LogP contribution is 2.32. The first kappa shape index (κ1) is 24.0. The molecule has 0 atom stereocenters. The highest BCUT2D eigenvalue weighted by atomic mass is 32.2. The standard InChI is InChI=1S/C10H11N3O2.C9H11NOS.CH5N/c1-14-8-3-6-7(4-9(8)15-2)12-5-13-10(6)11;1-12-9-4-2-3-8(5-9)6-10-7-11;1-2/h3-5H,1-2H3,(H2,11,12,13);2-5,7H,6H2,1H3,(H,10,11);2H2,1H3. The number of nitrogens with zero attached hydrogens (tertiary/aromatic N) is 2. The third-order valence-electron chi connectivity index (χ3n) is 3.70. The number of carbonyl (C=O) groups excluding carboxylic acids is 1. The Morgan fingerprint density at radius 2 is 1.79 bits per heavy atom. The average Bonchev–Trinajstić information content (AvgIpc) is 2.79. The largest absolute Gasteiger partial charge is 0.493 e. The number of thioether (sulfide) groups is 1. The van der Waals surface area contributed by atoms with Crippen molar-refractivity contribution in [3.63, 3.8) is 0 Å². The third kappa shape index (κ3) is 7.13. The van der Waals surface area contributed by atoms with Crippen molar-refractivity contribution >= 4 is 34.9 Å². The summed E-state index contributed by atoms with van der Waals surface area (Å²) in [6.07, 6.45) is 4.17. The predicted molar refractivity (Wildman–Crippen MR) is 118 cm³/mol. The lowest BCUT2D eigenvalue weighted by atomic mass is 10.2. The van der Waals surface area contributed by atoms with E-state index in [9.17, 15) is 4.79 Å². The maximum Gasteiger partial charge on any atom is 0.207 e. The minimum atomic E-state index is 0.431. The van der Waals surface area contributed by atoms with E-state index in [1.54, 1.807) is 38.1 Å². The molecule has 8 nitrogen and oxygen atoms in total. The number of amides is 1. The van der Waals surface area contributed by atoms with Crippen LogP contribution < -0.4 is 26.3 Å². The molecule has 0 saturated carbocycles. The Balaban J connectivity index is 0.000000273. The summed E-state index contributed by atoms with van der Waals surface area (Å²) in [4.78, 5) is 19.2. The van der Waals surface area contributed by atoms with E-state index in [0.717, 1.165) is 16.5 Å². The summed E-state index contributed by atoms with van der Waals surface area (Å²) >= 11 is 1.70. The summed E-state index contributed by atoms with van der Waals surface area (Å²) in [6.45, 7) is 0.609. The zero-order valence-electron chi connectivity index (χ0n) is 17.0. The predicted octanol–water partition coefficient (Wildman–Crippen LogP) is 2.46. The van der Waals surface area contributed by atoms with Crippen LogP contribution in [0.3, 0.4) is 0 Å². The molecule has 29 heavy (non-hydrogen) atoms. The Bertz CT molecular complexity index is 908. The van der Waals surface area contributed by atoms with E-state index in [1.165, 1.54) is 18.3 Å². The van der Waals surface area contributed by atoms with Crippen molar-refractivity contribution in [2.45, 2.75) is 11.4 Å². The van der Waals surface area contributed by atoms with Crippen molar-refractivity contribution in [1.82, 2.24) is 15.3 Å². The average molecular weight is 418 g/mol. The molecule has 0 aliphatic rings. The molecule has 0 unspecified atom stereocenters. The number of nitrogens with one attached hydrogen (secondary N) is 1. The van der Waals surface area contributed by atoms with Crippen molar-refractivity contribution < 1.29 is 14.3 Å². The monoisotopic (exact) mass is 417 g/mol. The molecule has 1 heterocycles. The quantitative estimate of drug-likeness (QED) is 0.412. The number of carbonyl (C=O) groups is 1. The van der Waals surface area contributed by atoms with Gasteiger partial charge in [-0.1, -0.05) is 12.1 Å². The zero-order valence-corrected chi connectivity index (χ0v) is 17.8. The van der Waals surface area contributed by atoms with E-state index >= 15 is 0 Å². The van der Waals surface area contributed by atoms with Gasteiger partial charge in [0.25, 0.3) is 0 Å². The minimum absolute atomic E-state index is 0.431. The van der Waals surface area contributed by atoms with Crippen LogP contribution in [0, 0.1) is 0 Å². The lowest BCUT2D eigenvalue weighted by molar-refractivity contribution is -0.109. The first-order valence-electron chi connectivity index (χ1n) is 8.62. The third-order valence-corrected chi connectivity index (χ3v) is 4.42. The van der Waals surface area contributed by atoms with Crippen LogP contribution in [0.2, 0.25) is 0 Å². The molecule has 0 bridgehead atoms. The zero-order chi connectivity index (χ0) is 21.6. The normalized spacial score (nSPS) is 9.41. The van der Waals surface area contributed by atoms with Crippen LogP contribution in [0.4, 0.5) is 5.82 Å². The second-order valence-electron chi connectivity index (χ2n) is 5.33. The number of nitrogen functional groups attached to an aromatic ring is 1. The second-order valence-corrected chi connectivity index (χ2v) is 6.21. The Labute approximate surface area is 175 Å². The van der Waals surface area contributed by atoms with E-state index in [2.05, 4.69) is 33.2 Å². The number of aromatic nitrogens is 2. The number of hydrogen-bond donors (Lipinski definition) is 3. The lowest BCUT2D eigenvalue weighted by Crippen LogP contribution is -2.09. The van der Waals surface area contributed by atoms with Crippen LogP contribution >= 0.6 is 11.8 Å². The van der Waals surface area contributed by atoms with Crippen molar-refractivity contribution in [3.8, 4) is 11.5 Å². The van der Waals surface area contributed by atoms with Gasteiger partial charge < -0.3 is 26.3 Å². The Kier molecular flexibility index (Phi) is 10.9. The van der Waals surface area contributed by atoms with Gasteiger partial charge in [0.2, 0.25) is 6.41 Å². The molecule has 5 N–H and O–H groups in total. The molecule has 0 aliphatic carbocycles. The van der Waals surface area contributed by atoms with Crippen molar-refractivity contribution in [2.75, 3.05) is 33.3 Å². The van der Waals surface area contributed by atoms with Crippen molar-refractivity contribution in [1.29, 1.82) is 0 Å². The number of nitrogens with two attached hydrogens (primary N) is 2. The summed E-state index contributed by atoms with van der Waals surface area (Å²) in [6, 6.07) is 11.6. The van der Waals surface area contributed by atoms with E-state index in [4.69, 9.17) is 15.2 Å². The van der Waals surface area contributed by atoms with Crippen LogP contribution in [0.1, 0.15) is 5.56 Å². The van der Waals surface area contributed by atoms with E-state index in [0.29, 0.717) is 30.3 Å². The van der Waals surface area contributed by atoms with Gasteiger partial charge in [0.15, 0.2) is 11.5 Å². The fraction of sp³-hybridized carbons (Fsp3) is 0.250. The fourth-order valence-electron chi connectivity index (χ4n) is 2.34. The molecule has 3 rings (SSSR count). The summed E-state index contributed by atoms with van der Waals surface area (Å²) in [5, 5.41) is 3.39. The maximum atomic E-state index is 10.0. The lowest BCUT2D eigenvalue weighted by Gasteiger charge is -2.08. The maximum absolute atomic E-state index is 10.0. The molecule has 0 radical (unpaired) electrons. The Morgan fingerprint density at radius 1 is 1.10 bits per heavy atom. The van der Waals surface area contributed by atoms with Crippen LogP contribution in [0.15, 0.2) is 47.6 Å². The molecule has 1 aromatic heterocycles. The van der Waals surface area contributed by atoms with Gasteiger partial charge in [0, 0.05) is 22.9 Å². The van der Waals surface area contributed by atoms with Crippen LogP contribution in [0.5, 0.6) is 11.5 Å². The molecule has 3 aromatic rings. The molecule has 2 aromatic carbocycles. The summed E-state index contributed by atoms with van der Waals surface area (Å²) < 4.78 is 10.3. The van der Waals surface area contributed by atoms with Crippen molar-refractivity contribution in [3.05, 3.63) is 48.3 Å². The molecular weight excluding hydrogens is 390 g/mol. The van der Waals surface area contributed by atoms with Crippen LogP contribution in [-0.4, -0.2) is 43.9 Å². The van der Waals surface area contributed by atoms with E-state index < -0.39 is 0 Å². The SMILES string of the molecule is CN.COc1cc2ncnc(N)c2cc1OC.CSc1cccc(CNC=O)c1. The molecule has 0 aliphatic heterocycles. The Hall–Kier alpha value is -3.04. The molecular formula is C20H27N5O3S. The second kappa shape index (κ2) is 13.2. The van der Waals surface area contributed by atoms with Gasteiger partial charge in [-0.05, 0) is 37.1 Å². The number of fused-ring (bicyclic) bond motifs is 1. The number of anilines is 1. The van der Waals surface area contributed by atoms with Gasteiger partial charge in [-0.25, -0.2) is 9.97 Å². The first-order chi connectivity index (χ1) is 14.1. The van der Waals surface area contributed by atoms with Gasteiger partial charge in [-0.3, -0.25) is 4.79 Å². The molecule has 1 amide bonds. The van der Waals surface area contributed by atoms with E-state index in [1.807, 2.05) is 18.4 Å². The van der Waals surface area contributed by atoms with Gasteiger partial charge in [0.1, 0.15) is 12.1 Å². The number of rotatable bonds is 6. The van der Waals surface area contributed by atoms with Gasteiger partial charge in [-0.15, -0.1) is 11.8 Å². The summed E-state index contributed by atoms with van der Waals surface area (Å²) in [5.41, 5.74) is 12.1. The summed E-state index contributed by atoms with van der Waals surface area (Å²) in [7, 11) is 4.65. The number of ether oxygens (including phenoxy) is 2. The topological polar surface area (TPSA) is 125 Å². The molecule has 0 spiro atoms. The number of hydrogen-bond acceptors (Lipinski definition) is 8. The van der Waals surface area contributed by atoms with E-state index in [-0.39, 0.29) is 0 Å². The highest BCUT2D eigenvalue weighted by Gasteiger charge is 2.08. The fourth-order valence-corrected chi connectivity index (χ4v) is 2.83. The molecule has 9 heteroatoms. The van der Waals surface area contributed by atoms with Gasteiger partial charge >= 0.3 is 0 Å². The molecule has 156 valence electrons. The van der Waals surface area contributed by atoms with Crippen LogP contribution in [0.25, 0.3) is 10.9 Å². The Morgan fingerprint density at radius 3 is 2.41 bits per heavy atom. The highest BCUT2D eigenvalue weighted by molar-refractivity contribution is 7.98. The van der Waals surface area contributed by atoms with Gasteiger partial charge in [0.05, 0.1) is 19.7 Å². The number of benzene rings is 2.